The molecule has 21 heavy (non-hydrogen) atoms. The summed E-state index contributed by atoms with van der Waals surface area (Å²) in [6, 6.07) is 0. The molecule has 1 aliphatic rings. The van der Waals surface area contributed by atoms with Crippen molar-refractivity contribution in [2.24, 2.45) is 0 Å². The largest absolute Gasteiger partial charge is 0.445 e. The van der Waals surface area contributed by atoms with E-state index in [1.54, 1.807) is 4.90 Å². The Balaban J connectivity index is 1.64. The fraction of sp³-hybridized carbons (Fsp3) is 0.556. The van der Waals surface area contributed by atoms with Gasteiger partial charge in [0.2, 0.25) is 20.4 Å². The summed E-state index contributed by atoms with van der Waals surface area (Å²) in [7, 11) is 0. The highest BCUT2D eigenvalue weighted by molar-refractivity contribution is 7.18. The van der Waals surface area contributed by atoms with Gasteiger partial charge in [-0.25, -0.2) is 0 Å². The monoisotopic (exact) mass is 337 g/mol. The Hall–Kier alpha value is -1.69. The predicted molar refractivity (Wildman–Crippen MR) is 73.7 cm³/mol. The number of nitrogens with zero attached hydrogens (tertiary/aromatic N) is 6. The van der Waals surface area contributed by atoms with Gasteiger partial charge in [-0.05, 0) is 0 Å². The van der Waals surface area contributed by atoms with Gasteiger partial charge in [0.15, 0.2) is 0 Å². The molecule has 0 aliphatic carbocycles. The first-order valence-corrected chi connectivity index (χ1v) is 7.56. The van der Waals surface area contributed by atoms with E-state index in [9.17, 15) is 13.2 Å². The highest BCUT2D eigenvalue weighted by Gasteiger charge is 2.36. The van der Waals surface area contributed by atoms with Crippen LogP contribution in [0.1, 0.15) is 5.01 Å². The van der Waals surface area contributed by atoms with Crippen molar-refractivity contribution in [1.29, 1.82) is 0 Å². The lowest BCUT2D eigenvalue weighted by Gasteiger charge is -2.33. The maximum absolute atomic E-state index is 12.5. The number of nitrogen functional groups attached to an aromatic ring is 1. The third-order valence-corrected chi connectivity index (χ3v) is 4.75. The van der Waals surface area contributed by atoms with Crippen molar-refractivity contribution >= 4 is 38.1 Å². The third-order valence-electron chi connectivity index (χ3n) is 2.91. The Morgan fingerprint density at radius 2 is 1.38 bits per heavy atom. The Bertz CT molecular complexity index is 617. The molecule has 0 saturated carbocycles. The zero-order valence-electron chi connectivity index (χ0n) is 10.5. The van der Waals surface area contributed by atoms with Crippen LogP contribution in [-0.2, 0) is 6.18 Å². The van der Waals surface area contributed by atoms with E-state index in [0.717, 1.165) is 5.13 Å². The standard InChI is InChI=1S/C9H10F3N7S2/c10-9(11,12)5-14-16-7(20-5)18-1-3-19(4-2-18)8-17-15-6(13)21-8/h1-4H2,(H2,13,15). The molecule has 3 heterocycles. The molecule has 0 bridgehead atoms. The highest BCUT2D eigenvalue weighted by Crippen LogP contribution is 2.34. The van der Waals surface area contributed by atoms with Crippen LogP contribution in [0.5, 0.6) is 0 Å². The van der Waals surface area contributed by atoms with Gasteiger partial charge in [0.25, 0.3) is 0 Å². The molecular weight excluding hydrogens is 327 g/mol. The predicted octanol–water partition coefficient (Wildman–Crippen LogP) is 1.32. The molecule has 1 saturated heterocycles. The summed E-state index contributed by atoms with van der Waals surface area (Å²) < 4.78 is 37.5. The Morgan fingerprint density at radius 1 is 0.857 bits per heavy atom. The highest BCUT2D eigenvalue weighted by atomic mass is 32.1. The summed E-state index contributed by atoms with van der Waals surface area (Å²) in [5.41, 5.74) is 5.53. The van der Waals surface area contributed by atoms with E-state index in [2.05, 4.69) is 20.4 Å². The van der Waals surface area contributed by atoms with Crippen molar-refractivity contribution in [2.45, 2.75) is 6.18 Å². The van der Waals surface area contributed by atoms with E-state index in [4.69, 9.17) is 5.73 Å². The fourth-order valence-corrected chi connectivity index (χ4v) is 3.33. The number of hydrogen-bond donors (Lipinski definition) is 1. The second kappa shape index (κ2) is 5.26. The molecule has 2 N–H and O–H groups in total. The van der Waals surface area contributed by atoms with Crippen LogP contribution >= 0.6 is 22.7 Å². The SMILES string of the molecule is Nc1nnc(N2CCN(c3nnc(C(F)(F)F)s3)CC2)s1. The molecule has 0 spiro atoms. The van der Waals surface area contributed by atoms with Gasteiger partial charge in [-0.1, -0.05) is 22.7 Å². The second-order valence-electron chi connectivity index (χ2n) is 4.28. The van der Waals surface area contributed by atoms with E-state index in [0.29, 0.717) is 47.8 Å². The zero-order chi connectivity index (χ0) is 15.0. The topological polar surface area (TPSA) is 84.1 Å². The Morgan fingerprint density at radius 3 is 1.81 bits per heavy atom. The third kappa shape index (κ3) is 3.00. The minimum absolute atomic E-state index is 0.291. The molecule has 3 rings (SSSR count). The van der Waals surface area contributed by atoms with E-state index in [1.165, 1.54) is 11.3 Å². The first-order chi connectivity index (χ1) is 9.93. The van der Waals surface area contributed by atoms with Crippen molar-refractivity contribution < 1.29 is 13.2 Å². The van der Waals surface area contributed by atoms with Crippen LogP contribution < -0.4 is 15.5 Å². The molecular formula is C9H10F3N7S2. The van der Waals surface area contributed by atoms with Crippen LogP contribution in [0, 0.1) is 0 Å². The van der Waals surface area contributed by atoms with Gasteiger partial charge in [-0.2, -0.15) is 13.2 Å². The average Bonchev–Trinajstić information content (AvgIpc) is 3.07. The van der Waals surface area contributed by atoms with E-state index < -0.39 is 11.2 Å². The molecule has 2 aromatic heterocycles. The molecule has 0 radical (unpaired) electrons. The molecule has 2 aromatic rings. The number of rotatable bonds is 2. The summed E-state index contributed by atoms with van der Waals surface area (Å²) in [6.45, 7) is 2.34. The minimum atomic E-state index is -4.44. The van der Waals surface area contributed by atoms with Crippen LogP contribution in [0.4, 0.5) is 28.6 Å². The van der Waals surface area contributed by atoms with Gasteiger partial charge >= 0.3 is 6.18 Å². The maximum atomic E-state index is 12.5. The summed E-state index contributed by atoms with van der Waals surface area (Å²) in [6.07, 6.45) is -4.44. The van der Waals surface area contributed by atoms with Gasteiger partial charge in [-0.15, -0.1) is 20.4 Å². The van der Waals surface area contributed by atoms with Crippen molar-refractivity contribution in [3.8, 4) is 0 Å². The van der Waals surface area contributed by atoms with Gasteiger partial charge in [-0.3, -0.25) is 0 Å². The van der Waals surface area contributed by atoms with Crippen LogP contribution in [0.25, 0.3) is 0 Å². The van der Waals surface area contributed by atoms with Gasteiger partial charge in [0.1, 0.15) is 0 Å². The molecule has 12 heteroatoms. The minimum Gasteiger partial charge on any atom is -0.374 e. The molecule has 0 unspecified atom stereocenters. The lowest BCUT2D eigenvalue weighted by molar-refractivity contribution is -0.138. The fourth-order valence-electron chi connectivity index (χ4n) is 1.90. The first-order valence-electron chi connectivity index (χ1n) is 5.93. The number of nitrogens with two attached hydrogens (primary N) is 1. The van der Waals surface area contributed by atoms with Crippen LogP contribution in [0.2, 0.25) is 0 Å². The van der Waals surface area contributed by atoms with Crippen LogP contribution in [-0.4, -0.2) is 46.6 Å². The summed E-state index contributed by atoms with van der Waals surface area (Å²) in [4.78, 5) is 3.78. The van der Waals surface area contributed by atoms with Crippen LogP contribution in [0.3, 0.4) is 0 Å². The Labute approximate surface area is 125 Å². The molecule has 1 fully saturated rings. The van der Waals surface area contributed by atoms with E-state index >= 15 is 0 Å². The number of aromatic nitrogens is 4. The molecule has 114 valence electrons. The van der Waals surface area contributed by atoms with Crippen molar-refractivity contribution in [2.75, 3.05) is 41.7 Å². The smallest absolute Gasteiger partial charge is 0.374 e. The van der Waals surface area contributed by atoms with Crippen LogP contribution in [0.15, 0.2) is 0 Å². The first kappa shape index (κ1) is 14.3. The van der Waals surface area contributed by atoms with E-state index in [1.807, 2.05) is 4.90 Å². The summed E-state index contributed by atoms with van der Waals surface area (Å²) >= 11 is 1.85. The summed E-state index contributed by atoms with van der Waals surface area (Å²) in [5, 5.41) is 15.0. The van der Waals surface area contributed by atoms with Gasteiger partial charge < -0.3 is 15.5 Å². The second-order valence-corrected chi connectivity index (χ2v) is 6.23. The molecule has 1 aliphatic heterocycles. The average molecular weight is 337 g/mol. The maximum Gasteiger partial charge on any atom is 0.445 e. The molecule has 0 amide bonds. The molecule has 0 atom stereocenters. The quantitative estimate of drug-likeness (QED) is 0.884. The summed E-state index contributed by atoms with van der Waals surface area (Å²) in [5.74, 6) is 0. The lowest BCUT2D eigenvalue weighted by Crippen LogP contribution is -2.46. The number of alkyl halides is 3. The molecule has 0 aromatic carbocycles. The lowest BCUT2D eigenvalue weighted by atomic mass is 10.3. The van der Waals surface area contributed by atoms with Crippen molar-refractivity contribution in [1.82, 2.24) is 20.4 Å². The molecule has 7 nitrogen and oxygen atoms in total. The number of hydrogen-bond acceptors (Lipinski definition) is 9. The Kier molecular flexibility index (Phi) is 3.57. The zero-order valence-corrected chi connectivity index (χ0v) is 12.2. The normalized spacial score (nSPS) is 16.5. The van der Waals surface area contributed by atoms with Crippen molar-refractivity contribution in [3.63, 3.8) is 0 Å². The number of piperazine rings is 1. The van der Waals surface area contributed by atoms with Gasteiger partial charge in [0.05, 0.1) is 0 Å². The number of anilines is 3. The number of halogens is 3. The van der Waals surface area contributed by atoms with Gasteiger partial charge in [0, 0.05) is 26.2 Å². The van der Waals surface area contributed by atoms with E-state index in [-0.39, 0.29) is 0 Å². The van der Waals surface area contributed by atoms with Crippen molar-refractivity contribution in [3.05, 3.63) is 5.01 Å².